The van der Waals surface area contributed by atoms with Gasteiger partial charge in [0.1, 0.15) is 5.82 Å². The Morgan fingerprint density at radius 2 is 2.17 bits per heavy atom. The van der Waals surface area contributed by atoms with E-state index >= 15 is 0 Å². The lowest BCUT2D eigenvalue weighted by atomic mass is 10.4. The van der Waals surface area contributed by atoms with Crippen molar-refractivity contribution in [2.75, 3.05) is 10.5 Å². The fraction of sp³-hybridized carbons (Fsp3) is 0.444. The van der Waals surface area contributed by atoms with Crippen LogP contribution in [0.2, 0.25) is 0 Å². The number of pyridine rings is 1. The predicted molar refractivity (Wildman–Crippen MR) is 66.3 cm³/mol. The molecule has 1 heterocycles. The number of ether oxygens (including phenoxy) is 1. The molecule has 0 aliphatic rings. The summed E-state index contributed by atoms with van der Waals surface area (Å²) in [6.07, 6.45) is 0.434. The molecule has 1 aromatic rings. The maximum absolute atomic E-state index is 12.0. The van der Waals surface area contributed by atoms with Crippen LogP contribution in [0, 0.1) is 0 Å². The van der Waals surface area contributed by atoms with E-state index in [0.29, 0.717) is 10.9 Å². The lowest BCUT2D eigenvalue weighted by molar-refractivity contribution is -0.0527. The number of sulfonamides is 1. The van der Waals surface area contributed by atoms with Gasteiger partial charge in [-0.3, -0.25) is 4.72 Å². The Balaban J connectivity index is 2.93. The largest absolute Gasteiger partial charge is 0.417 e. The molecule has 1 N–H and O–H groups in total. The Morgan fingerprint density at radius 3 is 2.72 bits per heavy atom. The van der Waals surface area contributed by atoms with Crippen LogP contribution in [0.4, 0.5) is 14.6 Å². The highest BCUT2D eigenvalue weighted by Crippen LogP contribution is 2.22. The third-order valence-electron chi connectivity index (χ3n) is 1.71. The predicted octanol–water partition coefficient (Wildman–Crippen LogP) is 2.60. The summed E-state index contributed by atoms with van der Waals surface area (Å²) in [6, 6.07) is 2.56. The number of hydrogen-bond acceptors (Lipinski definition) is 4. The molecule has 102 valence electrons. The highest BCUT2D eigenvalue weighted by molar-refractivity contribution is 9.10. The van der Waals surface area contributed by atoms with Crippen molar-refractivity contribution in [3.63, 3.8) is 0 Å². The van der Waals surface area contributed by atoms with E-state index in [0.717, 1.165) is 0 Å². The van der Waals surface area contributed by atoms with Crippen molar-refractivity contribution in [3.8, 4) is 5.88 Å². The summed E-state index contributed by atoms with van der Waals surface area (Å²) in [5.41, 5.74) is 0. The first-order valence-corrected chi connectivity index (χ1v) is 7.40. The summed E-state index contributed by atoms with van der Waals surface area (Å²) in [5.74, 6) is -0.520. The Morgan fingerprint density at radius 1 is 1.50 bits per heavy atom. The molecule has 0 amide bonds. The molecule has 18 heavy (non-hydrogen) atoms. The number of anilines is 1. The monoisotopic (exact) mass is 344 g/mol. The number of halogens is 3. The summed E-state index contributed by atoms with van der Waals surface area (Å²) < 4.78 is 53.7. The van der Waals surface area contributed by atoms with Crippen molar-refractivity contribution in [3.05, 3.63) is 16.6 Å². The molecule has 1 rings (SSSR count). The highest BCUT2D eigenvalue weighted by Gasteiger charge is 2.13. The molecule has 5 nitrogen and oxygen atoms in total. The van der Waals surface area contributed by atoms with Gasteiger partial charge >= 0.3 is 6.61 Å². The molecule has 9 heteroatoms. The lowest BCUT2D eigenvalue weighted by Gasteiger charge is -2.09. The second-order valence-corrected chi connectivity index (χ2v) is 6.07. The van der Waals surface area contributed by atoms with E-state index in [1.54, 1.807) is 6.92 Å². The molecular formula is C9H11BrF2N2O3S. The molecule has 0 saturated heterocycles. The van der Waals surface area contributed by atoms with E-state index in [9.17, 15) is 17.2 Å². The van der Waals surface area contributed by atoms with E-state index in [-0.39, 0.29) is 17.5 Å². The first-order valence-electron chi connectivity index (χ1n) is 4.95. The summed E-state index contributed by atoms with van der Waals surface area (Å²) in [7, 11) is -3.52. The van der Waals surface area contributed by atoms with Crippen LogP contribution in [0.3, 0.4) is 0 Å². The highest BCUT2D eigenvalue weighted by atomic mass is 79.9. The van der Waals surface area contributed by atoms with Crippen LogP contribution in [0.15, 0.2) is 16.6 Å². The van der Waals surface area contributed by atoms with E-state index in [1.807, 2.05) is 0 Å². The van der Waals surface area contributed by atoms with Gasteiger partial charge < -0.3 is 4.74 Å². The van der Waals surface area contributed by atoms with Gasteiger partial charge in [-0.15, -0.1) is 0 Å². The molecule has 0 saturated carbocycles. The molecule has 0 atom stereocenters. The number of alkyl halides is 2. The fourth-order valence-corrected chi connectivity index (χ4v) is 2.63. The first-order chi connectivity index (χ1) is 8.32. The summed E-state index contributed by atoms with van der Waals surface area (Å²) >= 11 is 3.05. The molecule has 0 aromatic carbocycles. The molecular weight excluding hydrogens is 334 g/mol. The average Bonchev–Trinajstić information content (AvgIpc) is 2.13. The molecule has 0 fully saturated rings. The van der Waals surface area contributed by atoms with E-state index in [4.69, 9.17) is 0 Å². The normalized spacial score (nSPS) is 11.6. The minimum absolute atomic E-state index is 0.0755. The number of rotatable bonds is 6. The van der Waals surface area contributed by atoms with Gasteiger partial charge in [-0.25, -0.2) is 8.42 Å². The van der Waals surface area contributed by atoms with Crippen molar-refractivity contribution in [2.24, 2.45) is 0 Å². The molecule has 0 aliphatic heterocycles. The first kappa shape index (κ1) is 15.1. The van der Waals surface area contributed by atoms with Crippen LogP contribution in [0.5, 0.6) is 5.88 Å². The second kappa shape index (κ2) is 6.28. The van der Waals surface area contributed by atoms with E-state index in [2.05, 4.69) is 30.4 Å². The van der Waals surface area contributed by atoms with Crippen molar-refractivity contribution in [1.82, 2.24) is 4.98 Å². The number of nitrogens with zero attached hydrogens (tertiary/aromatic N) is 1. The zero-order valence-electron chi connectivity index (χ0n) is 9.36. The van der Waals surface area contributed by atoms with Gasteiger partial charge in [0.05, 0.1) is 5.75 Å². The van der Waals surface area contributed by atoms with Crippen molar-refractivity contribution in [1.29, 1.82) is 0 Å². The van der Waals surface area contributed by atoms with Crippen LogP contribution in [-0.2, 0) is 10.0 Å². The molecule has 0 bridgehead atoms. The maximum atomic E-state index is 12.0. The summed E-state index contributed by atoms with van der Waals surface area (Å²) in [5, 5.41) is 0. The van der Waals surface area contributed by atoms with Gasteiger partial charge in [0.25, 0.3) is 0 Å². The smallest absolute Gasteiger partial charge is 0.388 e. The molecule has 0 radical (unpaired) electrons. The zero-order chi connectivity index (χ0) is 13.8. The standard InChI is InChI=1S/C9H11BrF2N2O3S/c1-2-3-18(15,16)14-7-4-6(10)5-8(13-7)17-9(11)12/h4-5,9H,2-3H2,1H3,(H,13,14). The number of hydrogen-bond donors (Lipinski definition) is 1. The van der Waals surface area contributed by atoms with Crippen LogP contribution < -0.4 is 9.46 Å². The van der Waals surface area contributed by atoms with Gasteiger partial charge in [-0.1, -0.05) is 22.9 Å². The third kappa shape index (κ3) is 5.13. The van der Waals surface area contributed by atoms with Gasteiger partial charge in [-0.2, -0.15) is 13.8 Å². The van der Waals surface area contributed by atoms with Gasteiger partial charge in [0, 0.05) is 10.5 Å². The Kier molecular flexibility index (Phi) is 5.27. The maximum Gasteiger partial charge on any atom is 0.388 e. The van der Waals surface area contributed by atoms with Crippen molar-refractivity contribution in [2.45, 2.75) is 20.0 Å². The number of aromatic nitrogens is 1. The van der Waals surface area contributed by atoms with Crippen LogP contribution in [0.1, 0.15) is 13.3 Å². The molecule has 0 aliphatic carbocycles. The van der Waals surface area contributed by atoms with E-state index in [1.165, 1.54) is 12.1 Å². The van der Waals surface area contributed by atoms with Crippen molar-refractivity contribution < 1.29 is 21.9 Å². The Bertz CT molecular complexity index is 511. The van der Waals surface area contributed by atoms with Gasteiger partial charge in [0.2, 0.25) is 15.9 Å². The van der Waals surface area contributed by atoms with Crippen LogP contribution in [-0.4, -0.2) is 25.8 Å². The third-order valence-corrected chi connectivity index (χ3v) is 3.63. The lowest BCUT2D eigenvalue weighted by Crippen LogP contribution is -2.17. The van der Waals surface area contributed by atoms with Gasteiger partial charge in [0.15, 0.2) is 0 Å². The molecule has 1 aromatic heterocycles. The summed E-state index contributed by atoms with van der Waals surface area (Å²) in [6.45, 7) is -1.31. The molecule has 0 spiro atoms. The van der Waals surface area contributed by atoms with Crippen molar-refractivity contribution >= 4 is 31.8 Å². The van der Waals surface area contributed by atoms with E-state index < -0.39 is 16.6 Å². The average molecular weight is 345 g/mol. The quantitative estimate of drug-likeness (QED) is 0.861. The Labute approximate surface area is 112 Å². The minimum Gasteiger partial charge on any atom is -0.417 e. The topological polar surface area (TPSA) is 68.3 Å². The SMILES string of the molecule is CCCS(=O)(=O)Nc1cc(Br)cc(OC(F)F)n1. The zero-order valence-corrected chi connectivity index (χ0v) is 11.8. The fourth-order valence-electron chi connectivity index (χ4n) is 1.16. The molecule has 0 unspecified atom stereocenters. The Hall–Kier alpha value is -0.960. The number of nitrogens with one attached hydrogen (secondary N) is 1. The minimum atomic E-state index is -3.52. The van der Waals surface area contributed by atoms with Gasteiger partial charge in [-0.05, 0) is 12.5 Å². The van der Waals surface area contributed by atoms with Crippen LogP contribution >= 0.6 is 15.9 Å². The van der Waals surface area contributed by atoms with Crippen LogP contribution in [0.25, 0.3) is 0 Å². The summed E-state index contributed by atoms with van der Waals surface area (Å²) in [4.78, 5) is 3.62. The second-order valence-electron chi connectivity index (χ2n) is 3.31.